The lowest BCUT2D eigenvalue weighted by Gasteiger charge is -2.39. The van der Waals surface area contributed by atoms with Crippen LogP contribution in [0.3, 0.4) is 0 Å². The lowest BCUT2D eigenvalue weighted by atomic mass is 9.93. The van der Waals surface area contributed by atoms with Gasteiger partial charge in [0.25, 0.3) is 0 Å². The lowest BCUT2D eigenvalue weighted by Crippen LogP contribution is -2.56. The van der Waals surface area contributed by atoms with Crippen LogP contribution in [0.4, 0.5) is 4.39 Å². The lowest BCUT2D eigenvalue weighted by molar-refractivity contribution is -0.213. The summed E-state index contributed by atoms with van der Waals surface area (Å²) in [5.74, 6) is 0. The van der Waals surface area contributed by atoms with E-state index in [0.717, 1.165) is 12.8 Å². The molecule has 0 aliphatic carbocycles. The van der Waals surface area contributed by atoms with Crippen LogP contribution in [0.5, 0.6) is 0 Å². The third-order valence-electron chi connectivity index (χ3n) is 2.79. The van der Waals surface area contributed by atoms with Crippen molar-refractivity contribution in [1.29, 1.82) is 0 Å². The highest BCUT2D eigenvalue weighted by Gasteiger charge is 2.44. The van der Waals surface area contributed by atoms with Crippen LogP contribution in [0.25, 0.3) is 0 Å². The molecule has 5 heteroatoms. The molecule has 0 spiro atoms. The maximum atomic E-state index is 13.4. The summed E-state index contributed by atoms with van der Waals surface area (Å²) in [6.45, 7) is 1.55. The van der Waals surface area contributed by atoms with E-state index >= 15 is 0 Å². The van der Waals surface area contributed by atoms with Gasteiger partial charge in [-0.05, 0) is 6.42 Å². The molecule has 0 saturated carbocycles. The third kappa shape index (κ3) is 2.87. The fraction of sp³-hybridized carbons (Fsp3) is 1.00. The number of hydrogen-bond donors (Lipinski definition) is 3. The topological polar surface area (TPSA) is 69.9 Å². The highest BCUT2D eigenvalue weighted by molar-refractivity contribution is 4.92. The summed E-state index contributed by atoms with van der Waals surface area (Å²) in [7, 11) is 0. The first-order valence-corrected chi connectivity index (χ1v) is 5.38. The number of rotatable bonds is 4. The average Bonchev–Trinajstić information content (AvgIpc) is 2.25. The number of unbranched alkanes of at least 4 members (excludes halogenated alkanes) is 1. The van der Waals surface area contributed by atoms with Gasteiger partial charge in [-0.15, -0.1) is 0 Å². The molecule has 4 nitrogen and oxygen atoms in total. The number of ether oxygens (including phenoxy) is 1. The fourth-order valence-corrected chi connectivity index (χ4v) is 1.79. The summed E-state index contributed by atoms with van der Waals surface area (Å²) < 4.78 is 18.6. The van der Waals surface area contributed by atoms with Gasteiger partial charge in [0.15, 0.2) is 6.17 Å². The zero-order chi connectivity index (χ0) is 11.4. The minimum absolute atomic E-state index is 0.434. The van der Waals surface area contributed by atoms with Gasteiger partial charge in [0.05, 0.1) is 12.7 Å². The molecular formula is C10H19FO4. The number of hydrogen-bond acceptors (Lipinski definition) is 4. The Bertz CT molecular complexity index is 188. The minimum atomic E-state index is -1.74. The van der Waals surface area contributed by atoms with Gasteiger partial charge in [-0.25, -0.2) is 4.39 Å². The van der Waals surface area contributed by atoms with Gasteiger partial charge >= 0.3 is 0 Å². The van der Waals surface area contributed by atoms with E-state index in [1.165, 1.54) is 0 Å². The Balaban J connectivity index is 2.57. The standard InChI is InChI=1S/C10H19FO4/c1-2-3-4-6-9(13)8(11)10(14)7(5-12)15-6/h6-10,12-14H,2-5H2,1H3. The van der Waals surface area contributed by atoms with Crippen molar-refractivity contribution in [2.45, 2.75) is 56.8 Å². The molecule has 1 aliphatic rings. The molecular weight excluding hydrogens is 203 g/mol. The molecule has 0 aromatic rings. The van der Waals surface area contributed by atoms with Gasteiger partial charge < -0.3 is 20.1 Å². The normalized spacial score (nSPS) is 41.8. The monoisotopic (exact) mass is 222 g/mol. The number of alkyl halides is 1. The second-order valence-corrected chi connectivity index (χ2v) is 3.96. The Kier molecular flexibility index (Phi) is 4.92. The molecule has 5 unspecified atom stereocenters. The predicted molar refractivity (Wildman–Crippen MR) is 52.2 cm³/mol. The second kappa shape index (κ2) is 5.75. The highest BCUT2D eigenvalue weighted by atomic mass is 19.1. The highest BCUT2D eigenvalue weighted by Crippen LogP contribution is 2.26. The van der Waals surface area contributed by atoms with Gasteiger partial charge in [0.1, 0.15) is 18.3 Å². The quantitative estimate of drug-likeness (QED) is 0.626. The summed E-state index contributed by atoms with van der Waals surface area (Å²) in [6, 6.07) is 0. The van der Waals surface area contributed by atoms with Crippen LogP contribution in [0.2, 0.25) is 0 Å². The van der Waals surface area contributed by atoms with E-state index in [-0.39, 0.29) is 0 Å². The molecule has 1 aliphatic heterocycles. The van der Waals surface area contributed by atoms with Gasteiger partial charge in [-0.1, -0.05) is 19.8 Å². The smallest absolute Gasteiger partial charge is 0.157 e. The molecule has 1 rings (SSSR count). The van der Waals surface area contributed by atoms with Crippen molar-refractivity contribution in [3.63, 3.8) is 0 Å². The van der Waals surface area contributed by atoms with Gasteiger partial charge in [0.2, 0.25) is 0 Å². The van der Waals surface area contributed by atoms with Crippen molar-refractivity contribution >= 4 is 0 Å². The minimum Gasteiger partial charge on any atom is -0.394 e. The first kappa shape index (κ1) is 12.8. The van der Waals surface area contributed by atoms with Gasteiger partial charge in [0, 0.05) is 0 Å². The number of aliphatic hydroxyl groups excluding tert-OH is 3. The fourth-order valence-electron chi connectivity index (χ4n) is 1.79. The van der Waals surface area contributed by atoms with Crippen LogP contribution >= 0.6 is 0 Å². The first-order valence-electron chi connectivity index (χ1n) is 5.38. The maximum Gasteiger partial charge on any atom is 0.157 e. The van der Waals surface area contributed by atoms with E-state index in [1.807, 2.05) is 6.92 Å². The van der Waals surface area contributed by atoms with Crippen molar-refractivity contribution in [3.8, 4) is 0 Å². The zero-order valence-corrected chi connectivity index (χ0v) is 8.84. The first-order chi connectivity index (χ1) is 7.11. The molecule has 90 valence electrons. The van der Waals surface area contributed by atoms with Crippen LogP contribution < -0.4 is 0 Å². The van der Waals surface area contributed by atoms with Crippen molar-refractivity contribution in [3.05, 3.63) is 0 Å². The summed E-state index contributed by atoms with van der Waals surface area (Å²) in [5.41, 5.74) is 0. The molecule has 0 aromatic heterocycles. The SMILES string of the molecule is CCCCC1OC(CO)C(O)C(F)C1O. The van der Waals surface area contributed by atoms with Crippen LogP contribution in [0.15, 0.2) is 0 Å². The Labute approximate surface area is 88.7 Å². The van der Waals surface area contributed by atoms with Gasteiger partial charge in [-0.3, -0.25) is 0 Å². The van der Waals surface area contributed by atoms with E-state index in [0.29, 0.717) is 6.42 Å². The van der Waals surface area contributed by atoms with Crippen molar-refractivity contribution in [2.75, 3.05) is 6.61 Å². The summed E-state index contributed by atoms with van der Waals surface area (Å²) in [4.78, 5) is 0. The molecule has 0 bridgehead atoms. The number of aliphatic hydroxyl groups is 3. The van der Waals surface area contributed by atoms with E-state index in [2.05, 4.69) is 0 Å². The Hall–Kier alpha value is -0.230. The predicted octanol–water partition coefficient (Wildman–Crippen LogP) is -0.00380. The summed E-state index contributed by atoms with van der Waals surface area (Å²) in [5, 5.41) is 27.7. The second-order valence-electron chi connectivity index (χ2n) is 3.96. The molecule has 3 N–H and O–H groups in total. The molecule has 1 fully saturated rings. The van der Waals surface area contributed by atoms with Crippen molar-refractivity contribution in [2.24, 2.45) is 0 Å². The molecule has 1 saturated heterocycles. The van der Waals surface area contributed by atoms with E-state index < -0.39 is 37.2 Å². The average molecular weight is 222 g/mol. The van der Waals surface area contributed by atoms with Crippen LogP contribution in [-0.4, -0.2) is 52.5 Å². The van der Waals surface area contributed by atoms with E-state index in [9.17, 15) is 14.6 Å². The summed E-state index contributed by atoms with van der Waals surface area (Å²) in [6.07, 6.45) is -3.74. The van der Waals surface area contributed by atoms with E-state index in [4.69, 9.17) is 9.84 Å². The van der Waals surface area contributed by atoms with Gasteiger partial charge in [-0.2, -0.15) is 0 Å². The molecule has 0 radical (unpaired) electrons. The number of halogens is 1. The van der Waals surface area contributed by atoms with Crippen LogP contribution in [0, 0.1) is 0 Å². The third-order valence-corrected chi connectivity index (χ3v) is 2.79. The Morgan fingerprint density at radius 1 is 1.20 bits per heavy atom. The van der Waals surface area contributed by atoms with Crippen LogP contribution in [-0.2, 0) is 4.74 Å². The molecule has 0 aromatic carbocycles. The summed E-state index contributed by atoms with van der Waals surface area (Å²) >= 11 is 0. The van der Waals surface area contributed by atoms with Crippen LogP contribution in [0.1, 0.15) is 26.2 Å². The maximum absolute atomic E-state index is 13.4. The zero-order valence-electron chi connectivity index (χ0n) is 8.84. The Morgan fingerprint density at radius 2 is 1.80 bits per heavy atom. The Morgan fingerprint density at radius 3 is 2.33 bits per heavy atom. The molecule has 1 heterocycles. The molecule has 15 heavy (non-hydrogen) atoms. The molecule has 0 amide bonds. The van der Waals surface area contributed by atoms with Crippen molar-refractivity contribution < 1.29 is 24.4 Å². The van der Waals surface area contributed by atoms with E-state index in [1.54, 1.807) is 0 Å². The van der Waals surface area contributed by atoms with Crippen molar-refractivity contribution in [1.82, 2.24) is 0 Å². The largest absolute Gasteiger partial charge is 0.394 e. The molecule has 5 atom stereocenters.